The second kappa shape index (κ2) is 21.4. The Morgan fingerprint density at radius 2 is 1.21 bits per heavy atom. The van der Waals surface area contributed by atoms with Crippen molar-refractivity contribution < 1.29 is 0 Å². The van der Waals surface area contributed by atoms with Gasteiger partial charge in [-0.25, -0.2) is 0 Å². The van der Waals surface area contributed by atoms with Crippen LogP contribution in [-0.4, -0.2) is 5.25 Å². The Labute approximate surface area is 459 Å². The molecule has 10 rings (SSSR count). The SMILES string of the molecule is CC1=CNc2cccc(c2)SC2C=C(CCC2)N(c2ccc(C(C)(C)C)cc2)/C(=C/c2cc(SI)cc(N3c4cccc(c4)Sc4cccc(c4)N(c4ccc(C(C)(C)C)cc4)c4ccc(C)c3c4)c2C)C=C1. The summed E-state index contributed by atoms with van der Waals surface area (Å²) in [7, 11) is 1.77. The van der Waals surface area contributed by atoms with E-state index in [1.165, 1.54) is 58.8 Å². The number of rotatable bonds is 5. The summed E-state index contributed by atoms with van der Waals surface area (Å²) in [5.74, 6) is 0. The number of allylic oxidation sites excluding steroid dienone is 4. The molecular formula is C65H65IN4S3. The van der Waals surface area contributed by atoms with Gasteiger partial charge in [0.15, 0.2) is 0 Å². The van der Waals surface area contributed by atoms with Crippen molar-refractivity contribution in [2.24, 2.45) is 0 Å². The minimum absolute atomic E-state index is 0.0372. The van der Waals surface area contributed by atoms with Crippen molar-refractivity contribution in [3.8, 4) is 0 Å². The third-order valence-corrected chi connectivity index (χ3v) is 18.2. The summed E-state index contributed by atoms with van der Waals surface area (Å²) in [6.07, 6.45) is 15.0. The Balaban J connectivity index is 1.18. The number of hydrogen-bond donors (Lipinski definition) is 1. The van der Waals surface area contributed by atoms with Crippen molar-refractivity contribution in [2.75, 3.05) is 20.0 Å². The van der Waals surface area contributed by atoms with Gasteiger partial charge in [0.05, 0.1) is 11.4 Å². The maximum atomic E-state index is 3.61. The molecule has 0 radical (unpaired) electrons. The van der Waals surface area contributed by atoms with Gasteiger partial charge in [-0.1, -0.05) is 123 Å². The van der Waals surface area contributed by atoms with Crippen molar-refractivity contribution in [3.05, 3.63) is 221 Å². The normalized spacial score (nSPS) is 16.7. The van der Waals surface area contributed by atoms with E-state index in [0.717, 1.165) is 70.3 Å². The number of halogens is 1. The molecule has 370 valence electrons. The van der Waals surface area contributed by atoms with Crippen LogP contribution in [0.4, 0.5) is 45.5 Å². The molecule has 10 bridgehead atoms. The molecule has 0 spiro atoms. The Kier molecular flexibility index (Phi) is 14.9. The standard InChI is InChI=1S/C65H65IN4S3/c1-43-22-28-55(68(50-30-24-47(25-31-50)64(4,5)6)52-15-11-19-58(37-52)71-57-18-10-14-49(36-57)67-42-43)34-46-35-61(73-66)41-63(45(46)3)70-54-17-13-21-60(39-54)72-59-20-12-16-53(38-59)69(56-29-23-44(2)62(70)40-56)51-32-26-48(27-33-51)65(7,8)9/h10,12-14,16-18,20-42,58,67H,11,15,19H2,1-9H3/b28-22?,43-42?,55-34+. The average Bonchev–Trinajstić information content (AvgIpc) is 3.37. The molecule has 1 atom stereocenters. The van der Waals surface area contributed by atoms with E-state index in [2.05, 4.69) is 286 Å². The molecule has 1 unspecified atom stereocenters. The van der Waals surface area contributed by atoms with Gasteiger partial charge >= 0.3 is 0 Å². The van der Waals surface area contributed by atoms with Gasteiger partial charge in [-0.15, -0.1) is 11.8 Å². The third kappa shape index (κ3) is 11.4. The lowest BCUT2D eigenvalue weighted by atomic mass is 9.87. The number of anilines is 8. The molecule has 1 aliphatic carbocycles. The van der Waals surface area contributed by atoms with Crippen LogP contribution in [0.25, 0.3) is 6.08 Å². The summed E-state index contributed by atoms with van der Waals surface area (Å²) in [6, 6.07) is 57.2. The fraction of sp³-hybridized carbons (Fsp3) is 0.231. The molecule has 2 heterocycles. The zero-order valence-corrected chi connectivity index (χ0v) is 48.1. The fourth-order valence-corrected chi connectivity index (χ4v) is 13.2. The number of thioether (sulfide) groups is 1. The van der Waals surface area contributed by atoms with Crippen LogP contribution in [0.2, 0.25) is 0 Å². The molecule has 7 aromatic rings. The van der Waals surface area contributed by atoms with Crippen LogP contribution in [0.5, 0.6) is 0 Å². The summed E-state index contributed by atoms with van der Waals surface area (Å²) in [4.78, 5) is 12.3. The van der Waals surface area contributed by atoms with Crippen molar-refractivity contribution in [2.45, 2.75) is 117 Å². The summed E-state index contributed by atoms with van der Waals surface area (Å²) in [6.45, 7) is 20.5. The first-order chi connectivity index (χ1) is 35.1. The van der Waals surface area contributed by atoms with Crippen LogP contribution in [0, 0.1) is 13.8 Å². The van der Waals surface area contributed by atoms with E-state index in [1.807, 2.05) is 23.5 Å². The monoisotopic (exact) mass is 1120 g/mol. The van der Waals surface area contributed by atoms with Gasteiger partial charge in [0.25, 0.3) is 0 Å². The maximum absolute atomic E-state index is 3.61. The van der Waals surface area contributed by atoms with Crippen LogP contribution < -0.4 is 20.0 Å². The topological polar surface area (TPSA) is 21.8 Å². The van der Waals surface area contributed by atoms with E-state index >= 15 is 0 Å². The van der Waals surface area contributed by atoms with Crippen molar-refractivity contribution in [1.82, 2.24) is 0 Å². The van der Waals surface area contributed by atoms with Crippen LogP contribution in [0.3, 0.4) is 0 Å². The van der Waals surface area contributed by atoms with Crippen LogP contribution in [0.15, 0.2) is 213 Å². The third-order valence-electron chi connectivity index (χ3n) is 14.0. The Morgan fingerprint density at radius 1 is 0.603 bits per heavy atom. The molecule has 0 aromatic heterocycles. The summed E-state index contributed by atoms with van der Waals surface area (Å²) < 4.78 is 0. The molecule has 0 saturated carbocycles. The van der Waals surface area contributed by atoms with Gasteiger partial charge < -0.3 is 20.0 Å². The number of nitrogens with one attached hydrogen (secondary N) is 1. The number of nitrogens with zero attached hydrogens (tertiary/aromatic N) is 3. The average molecular weight is 1130 g/mol. The fourth-order valence-electron chi connectivity index (χ4n) is 9.95. The summed E-state index contributed by atoms with van der Waals surface area (Å²) in [5.41, 5.74) is 18.9. The molecule has 8 heteroatoms. The molecule has 7 aromatic carbocycles. The lowest BCUT2D eigenvalue weighted by Gasteiger charge is -2.34. The van der Waals surface area contributed by atoms with Crippen LogP contribution >= 0.6 is 53.7 Å². The zero-order chi connectivity index (χ0) is 51.0. The lowest BCUT2D eigenvalue weighted by molar-refractivity contribution is 0.590. The first-order valence-electron chi connectivity index (χ1n) is 25.4. The maximum Gasteiger partial charge on any atom is 0.0511 e. The molecule has 0 amide bonds. The van der Waals surface area contributed by atoms with E-state index in [9.17, 15) is 0 Å². The number of aryl methyl sites for hydroxylation is 1. The zero-order valence-electron chi connectivity index (χ0n) is 43.5. The van der Waals surface area contributed by atoms with Gasteiger partial charge in [-0.05, 0) is 200 Å². The molecule has 3 aliphatic rings. The van der Waals surface area contributed by atoms with Crippen LogP contribution in [0.1, 0.15) is 95.5 Å². The summed E-state index contributed by atoms with van der Waals surface area (Å²) in [5, 5.41) is 3.95. The number of fused-ring (bicyclic) bond motifs is 9. The minimum Gasteiger partial charge on any atom is -0.361 e. The van der Waals surface area contributed by atoms with Crippen LogP contribution in [-0.2, 0) is 10.8 Å². The number of benzene rings is 7. The summed E-state index contributed by atoms with van der Waals surface area (Å²) >= 11 is 6.25. The van der Waals surface area contributed by atoms with Gasteiger partial charge in [-0.3, -0.25) is 0 Å². The van der Waals surface area contributed by atoms with Crippen molar-refractivity contribution >= 4 is 105 Å². The van der Waals surface area contributed by atoms with E-state index in [1.54, 1.807) is 8.93 Å². The van der Waals surface area contributed by atoms with E-state index in [4.69, 9.17) is 0 Å². The smallest absolute Gasteiger partial charge is 0.0511 e. The highest BCUT2D eigenvalue weighted by molar-refractivity contribution is 14.2. The van der Waals surface area contributed by atoms with Gasteiger partial charge in [0.1, 0.15) is 0 Å². The molecule has 0 fully saturated rings. The van der Waals surface area contributed by atoms with E-state index in [-0.39, 0.29) is 10.8 Å². The first-order valence-corrected chi connectivity index (χ1v) is 30.5. The molecular weight excluding hydrogens is 1060 g/mol. The van der Waals surface area contributed by atoms with Gasteiger partial charge in [-0.2, -0.15) is 0 Å². The Hall–Kier alpha value is -5.52. The van der Waals surface area contributed by atoms with Gasteiger partial charge in [0, 0.05) is 97.8 Å². The molecule has 0 saturated heterocycles. The quantitative estimate of drug-likeness (QED) is 0.171. The van der Waals surface area contributed by atoms with Crippen molar-refractivity contribution in [3.63, 3.8) is 0 Å². The second-order valence-electron chi connectivity index (χ2n) is 21.6. The molecule has 2 aliphatic heterocycles. The van der Waals surface area contributed by atoms with Crippen molar-refractivity contribution in [1.29, 1.82) is 0 Å². The Bertz CT molecular complexity index is 3300. The first kappa shape index (κ1) is 51.0. The molecule has 4 nitrogen and oxygen atoms in total. The second-order valence-corrected chi connectivity index (χ2v) is 26.0. The highest BCUT2D eigenvalue weighted by Gasteiger charge is 2.27. The predicted molar refractivity (Wildman–Crippen MR) is 328 cm³/mol. The van der Waals surface area contributed by atoms with E-state index in [0.29, 0.717) is 5.25 Å². The van der Waals surface area contributed by atoms with Gasteiger partial charge in [0.2, 0.25) is 0 Å². The molecule has 1 N–H and O–H groups in total. The highest BCUT2D eigenvalue weighted by atomic mass is 127. The minimum atomic E-state index is 0.0372. The Morgan fingerprint density at radius 3 is 1.86 bits per heavy atom. The largest absolute Gasteiger partial charge is 0.361 e. The van der Waals surface area contributed by atoms with E-state index < -0.39 is 0 Å². The number of hydrogen-bond acceptors (Lipinski definition) is 7. The lowest BCUT2D eigenvalue weighted by Crippen LogP contribution is -2.25. The molecule has 73 heavy (non-hydrogen) atoms. The highest BCUT2D eigenvalue weighted by Crippen LogP contribution is 2.48. The predicted octanol–water partition coefficient (Wildman–Crippen LogP) is 20.7.